The van der Waals surface area contributed by atoms with Crippen LogP contribution in [-0.4, -0.2) is 18.8 Å². The Kier molecular flexibility index (Phi) is 3.83. The molecular formula is C14H17FN2O. The van der Waals surface area contributed by atoms with Crippen LogP contribution >= 0.6 is 0 Å². The third-order valence-electron chi connectivity index (χ3n) is 3.21. The first-order chi connectivity index (χ1) is 8.63. The molecule has 1 aliphatic rings. The lowest BCUT2D eigenvalue weighted by Gasteiger charge is -2.27. The normalized spacial score (nSPS) is 24.1. The van der Waals surface area contributed by atoms with Gasteiger partial charge in [-0.1, -0.05) is 0 Å². The van der Waals surface area contributed by atoms with Crippen LogP contribution in [0.3, 0.4) is 0 Å². The topological polar surface area (TPSA) is 45.0 Å². The van der Waals surface area contributed by atoms with Crippen LogP contribution in [0.25, 0.3) is 0 Å². The molecule has 96 valence electrons. The molecule has 1 aliphatic heterocycles. The summed E-state index contributed by atoms with van der Waals surface area (Å²) in [5.74, 6) is -0.282. The highest BCUT2D eigenvalue weighted by atomic mass is 19.1. The Balaban J connectivity index is 2.21. The quantitative estimate of drug-likeness (QED) is 0.875. The zero-order valence-electron chi connectivity index (χ0n) is 10.5. The fourth-order valence-electron chi connectivity index (χ4n) is 2.30. The number of hydrogen-bond donors (Lipinski definition) is 1. The van der Waals surface area contributed by atoms with Crippen molar-refractivity contribution in [3.05, 3.63) is 29.6 Å². The summed E-state index contributed by atoms with van der Waals surface area (Å²) in [5.41, 5.74) is 0.864. The highest BCUT2D eigenvalue weighted by molar-refractivity contribution is 5.50. The summed E-state index contributed by atoms with van der Waals surface area (Å²) in [6.07, 6.45) is 2.19. The van der Waals surface area contributed by atoms with Crippen molar-refractivity contribution in [3.63, 3.8) is 0 Å². The van der Waals surface area contributed by atoms with Crippen molar-refractivity contribution >= 4 is 5.69 Å². The highest BCUT2D eigenvalue weighted by Gasteiger charge is 2.31. The SMILES string of the molecule is Cc1cc(F)cc(NC2(C#N)CCCOCC2)c1. The van der Waals surface area contributed by atoms with Crippen molar-refractivity contribution in [1.29, 1.82) is 5.26 Å². The molecule has 0 saturated carbocycles. The zero-order valence-corrected chi connectivity index (χ0v) is 10.5. The molecule has 3 nitrogen and oxygen atoms in total. The molecule has 1 fully saturated rings. The Morgan fingerprint density at radius 3 is 2.89 bits per heavy atom. The predicted molar refractivity (Wildman–Crippen MR) is 67.8 cm³/mol. The summed E-state index contributed by atoms with van der Waals surface area (Å²) in [6.45, 7) is 3.09. The number of anilines is 1. The molecule has 0 bridgehead atoms. The zero-order chi connectivity index (χ0) is 13.0. The first-order valence-electron chi connectivity index (χ1n) is 6.18. The molecule has 1 N–H and O–H groups in total. The fraction of sp³-hybridized carbons (Fsp3) is 0.500. The maximum atomic E-state index is 13.3. The molecule has 18 heavy (non-hydrogen) atoms. The number of ether oxygens (including phenoxy) is 1. The lowest BCUT2D eigenvalue weighted by molar-refractivity contribution is 0.142. The van der Waals surface area contributed by atoms with E-state index in [0.717, 1.165) is 18.4 Å². The number of nitriles is 1. The van der Waals surface area contributed by atoms with Gasteiger partial charge >= 0.3 is 0 Å². The van der Waals surface area contributed by atoms with Crippen LogP contribution in [0.2, 0.25) is 0 Å². The largest absolute Gasteiger partial charge is 0.381 e. The van der Waals surface area contributed by atoms with Gasteiger partial charge in [0.1, 0.15) is 11.4 Å². The van der Waals surface area contributed by atoms with E-state index >= 15 is 0 Å². The van der Waals surface area contributed by atoms with Crippen molar-refractivity contribution in [3.8, 4) is 6.07 Å². The van der Waals surface area contributed by atoms with E-state index in [1.165, 1.54) is 12.1 Å². The summed E-state index contributed by atoms with van der Waals surface area (Å²) < 4.78 is 18.7. The Bertz CT molecular complexity index is 439. The minimum absolute atomic E-state index is 0.282. The second-order valence-electron chi connectivity index (χ2n) is 4.80. The second-order valence-corrected chi connectivity index (χ2v) is 4.80. The molecule has 1 saturated heterocycles. The average Bonchev–Trinajstić information content (AvgIpc) is 2.54. The van der Waals surface area contributed by atoms with Crippen LogP contribution in [0.5, 0.6) is 0 Å². The molecule has 0 aromatic heterocycles. The maximum absolute atomic E-state index is 13.3. The van der Waals surface area contributed by atoms with Crippen LogP contribution in [0.15, 0.2) is 18.2 Å². The van der Waals surface area contributed by atoms with Crippen molar-refractivity contribution in [2.45, 2.75) is 31.7 Å². The molecule has 1 aromatic carbocycles. The van der Waals surface area contributed by atoms with Gasteiger partial charge in [0, 0.05) is 25.3 Å². The Hall–Kier alpha value is -1.60. The Morgan fingerprint density at radius 1 is 1.33 bits per heavy atom. The second kappa shape index (κ2) is 5.36. The first kappa shape index (κ1) is 12.8. The van der Waals surface area contributed by atoms with Gasteiger partial charge in [-0.25, -0.2) is 4.39 Å². The molecule has 0 aliphatic carbocycles. The van der Waals surface area contributed by atoms with E-state index in [1.54, 1.807) is 0 Å². The Morgan fingerprint density at radius 2 is 2.17 bits per heavy atom. The van der Waals surface area contributed by atoms with E-state index in [1.807, 2.05) is 13.0 Å². The minimum atomic E-state index is -0.642. The van der Waals surface area contributed by atoms with Crippen molar-refractivity contribution in [2.75, 3.05) is 18.5 Å². The minimum Gasteiger partial charge on any atom is -0.381 e. The third kappa shape index (κ3) is 2.99. The smallest absolute Gasteiger partial charge is 0.127 e. The highest BCUT2D eigenvalue weighted by Crippen LogP contribution is 2.26. The van der Waals surface area contributed by atoms with Gasteiger partial charge in [-0.15, -0.1) is 0 Å². The average molecular weight is 248 g/mol. The maximum Gasteiger partial charge on any atom is 0.127 e. The number of nitrogens with one attached hydrogen (secondary N) is 1. The van der Waals surface area contributed by atoms with E-state index in [0.29, 0.717) is 25.3 Å². The molecule has 0 amide bonds. The lowest BCUT2D eigenvalue weighted by Crippen LogP contribution is -2.37. The van der Waals surface area contributed by atoms with Gasteiger partial charge in [-0.05, 0) is 43.5 Å². The number of aryl methyl sites for hydroxylation is 1. The molecule has 0 radical (unpaired) electrons. The summed E-state index contributed by atoms with van der Waals surface area (Å²) in [6, 6.07) is 7.09. The van der Waals surface area contributed by atoms with E-state index in [9.17, 15) is 9.65 Å². The summed E-state index contributed by atoms with van der Waals surface area (Å²) in [7, 11) is 0. The van der Waals surface area contributed by atoms with Gasteiger partial charge in [0.2, 0.25) is 0 Å². The lowest BCUT2D eigenvalue weighted by atomic mass is 9.92. The van der Waals surface area contributed by atoms with Crippen LogP contribution in [-0.2, 0) is 4.74 Å². The summed E-state index contributed by atoms with van der Waals surface area (Å²) >= 11 is 0. The number of rotatable bonds is 2. The van der Waals surface area contributed by atoms with Gasteiger partial charge in [0.25, 0.3) is 0 Å². The fourth-order valence-corrected chi connectivity index (χ4v) is 2.30. The van der Waals surface area contributed by atoms with Gasteiger partial charge in [0.05, 0.1) is 6.07 Å². The number of nitrogens with zero attached hydrogens (tertiary/aromatic N) is 1. The molecule has 1 heterocycles. The monoisotopic (exact) mass is 248 g/mol. The van der Waals surface area contributed by atoms with Gasteiger partial charge in [-0.3, -0.25) is 0 Å². The molecule has 1 aromatic rings. The molecule has 0 spiro atoms. The van der Waals surface area contributed by atoms with E-state index in [2.05, 4.69) is 11.4 Å². The van der Waals surface area contributed by atoms with Crippen LogP contribution in [0, 0.1) is 24.1 Å². The summed E-state index contributed by atoms with van der Waals surface area (Å²) in [5, 5.41) is 12.6. The van der Waals surface area contributed by atoms with Gasteiger partial charge < -0.3 is 10.1 Å². The van der Waals surface area contributed by atoms with Gasteiger partial charge in [-0.2, -0.15) is 5.26 Å². The van der Waals surface area contributed by atoms with Crippen molar-refractivity contribution in [2.24, 2.45) is 0 Å². The van der Waals surface area contributed by atoms with E-state index in [4.69, 9.17) is 4.74 Å². The number of hydrogen-bond acceptors (Lipinski definition) is 3. The van der Waals surface area contributed by atoms with Crippen molar-refractivity contribution < 1.29 is 9.13 Å². The third-order valence-corrected chi connectivity index (χ3v) is 3.21. The van der Waals surface area contributed by atoms with Crippen LogP contribution in [0.1, 0.15) is 24.8 Å². The van der Waals surface area contributed by atoms with Crippen molar-refractivity contribution in [1.82, 2.24) is 0 Å². The molecule has 1 unspecified atom stereocenters. The number of halogens is 1. The predicted octanol–water partition coefficient (Wildman–Crippen LogP) is 3.01. The van der Waals surface area contributed by atoms with Crippen LogP contribution < -0.4 is 5.32 Å². The molecule has 4 heteroatoms. The first-order valence-corrected chi connectivity index (χ1v) is 6.18. The molecular weight excluding hydrogens is 231 g/mol. The Labute approximate surface area is 107 Å². The number of benzene rings is 1. The molecule has 2 rings (SSSR count). The van der Waals surface area contributed by atoms with E-state index in [-0.39, 0.29) is 5.82 Å². The van der Waals surface area contributed by atoms with E-state index < -0.39 is 5.54 Å². The van der Waals surface area contributed by atoms with Crippen LogP contribution in [0.4, 0.5) is 10.1 Å². The molecule has 1 atom stereocenters. The van der Waals surface area contributed by atoms with Gasteiger partial charge in [0.15, 0.2) is 0 Å². The summed E-state index contributed by atoms with van der Waals surface area (Å²) in [4.78, 5) is 0. The standard InChI is InChI=1S/C14H17FN2O/c1-11-7-12(15)9-13(8-11)17-14(10-16)3-2-5-18-6-4-14/h7-9,17H,2-6H2,1H3.